The monoisotopic (exact) mass is 590 g/mol. The second kappa shape index (κ2) is 10.6. The molecule has 0 saturated carbocycles. The molecule has 148 valence electrons. The number of alkyl halides is 2. The lowest BCUT2D eigenvalue weighted by Crippen LogP contribution is -2.35. The predicted octanol–water partition coefficient (Wildman–Crippen LogP) is 7.42. The van der Waals surface area contributed by atoms with Crippen LogP contribution in [-0.2, 0) is 9.84 Å². The fraction of sp³-hybridized carbons (Fsp3) is 0.333. The van der Waals surface area contributed by atoms with Crippen molar-refractivity contribution in [2.24, 2.45) is 0 Å². The van der Waals surface area contributed by atoms with Crippen molar-refractivity contribution in [3.8, 4) is 0 Å². The number of hydrogen-bond donors (Lipinski definition) is 0. The maximum atomic E-state index is 12.9. The van der Waals surface area contributed by atoms with Crippen molar-refractivity contribution in [3.63, 3.8) is 0 Å². The number of halogens is 4. The first-order valence-corrected chi connectivity index (χ1v) is 13.8. The molecule has 2 aromatic rings. The van der Waals surface area contributed by atoms with Crippen molar-refractivity contribution in [3.05, 3.63) is 57.5 Å². The van der Waals surface area contributed by atoms with Gasteiger partial charge in [-0.05, 0) is 48.5 Å². The lowest BCUT2D eigenvalue weighted by molar-refractivity contribution is 0.587. The van der Waals surface area contributed by atoms with E-state index in [1.807, 2.05) is 48.5 Å². The molecule has 0 aliphatic rings. The number of rotatable bonds is 8. The molecule has 0 N–H and O–H groups in total. The van der Waals surface area contributed by atoms with Crippen molar-refractivity contribution in [1.29, 1.82) is 0 Å². The molecule has 4 atom stereocenters. The summed E-state index contributed by atoms with van der Waals surface area (Å²) in [7, 11) is -3.72. The third kappa shape index (κ3) is 6.83. The van der Waals surface area contributed by atoms with Crippen LogP contribution in [0.4, 0.5) is 0 Å². The zero-order chi connectivity index (χ0) is 20.2. The predicted molar refractivity (Wildman–Crippen MR) is 127 cm³/mol. The molecule has 0 radical (unpaired) electrons. The molecule has 0 spiro atoms. The van der Waals surface area contributed by atoms with Crippen LogP contribution in [-0.4, -0.2) is 28.3 Å². The highest BCUT2D eigenvalue weighted by atomic mass is 79.9. The average molecular weight is 593 g/mol. The third-order valence-electron chi connectivity index (χ3n) is 3.64. The van der Waals surface area contributed by atoms with Crippen LogP contribution in [0.5, 0.6) is 0 Å². The normalized spacial score (nSPS) is 16.5. The van der Waals surface area contributed by atoms with Gasteiger partial charge in [-0.25, -0.2) is 8.42 Å². The van der Waals surface area contributed by atoms with Gasteiger partial charge in [-0.3, -0.25) is 0 Å². The van der Waals surface area contributed by atoms with Crippen molar-refractivity contribution in [1.82, 2.24) is 0 Å². The maximum Gasteiger partial charge on any atom is 0.185 e. The Morgan fingerprint density at radius 3 is 1.33 bits per heavy atom. The molecule has 9 heteroatoms. The highest BCUT2D eigenvalue weighted by Gasteiger charge is 2.38. The first-order chi connectivity index (χ1) is 12.6. The molecular formula is C18H18Br2Cl2O2S3. The Kier molecular flexibility index (Phi) is 9.38. The topological polar surface area (TPSA) is 34.1 Å². The minimum Gasteiger partial charge on any atom is -0.226 e. The molecule has 2 rings (SSSR count). The van der Waals surface area contributed by atoms with E-state index in [0.29, 0.717) is 0 Å². The number of sulfone groups is 1. The summed E-state index contributed by atoms with van der Waals surface area (Å²) in [4.78, 5) is 1.91. The standard InChI is InChI=1S/C18H18Br2Cl2O2S3/c1-11(25-15-7-3-13(19)4-8-15)17(21)27(23,24)18(22)12(2)26-16-9-5-14(20)6-10-16/h3-12,17-18H,1-2H3. The van der Waals surface area contributed by atoms with Gasteiger partial charge in [0.25, 0.3) is 0 Å². The Morgan fingerprint density at radius 2 is 1.04 bits per heavy atom. The Balaban J connectivity index is 2.05. The van der Waals surface area contributed by atoms with Crippen LogP contribution in [0, 0.1) is 0 Å². The molecule has 0 heterocycles. The molecule has 4 unspecified atom stereocenters. The van der Waals surface area contributed by atoms with E-state index in [9.17, 15) is 8.42 Å². The summed E-state index contributed by atoms with van der Waals surface area (Å²) in [6.45, 7) is 3.61. The van der Waals surface area contributed by atoms with Gasteiger partial charge in [0.15, 0.2) is 9.84 Å². The first-order valence-electron chi connectivity index (χ1n) is 7.96. The first kappa shape index (κ1) is 23.9. The SMILES string of the molecule is CC(Sc1ccc(Br)cc1)C(Cl)S(=O)(=O)C(Cl)C(C)Sc1ccc(Br)cc1. The minimum absolute atomic E-state index is 0.344. The Morgan fingerprint density at radius 1 is 0.741 bits per heavy atom. The Labute approximate surface area is 196 Å². The lowest BCUT2D eigenvalue weighted by atomic mass is 10.4. The highest BCUT2D eigenvalue weighted by molar-refractivity contribution is 9.10. The smallest absolute Gasteiger partial charge is 0.185 e. The van der Waals surface area contributed by atoms with Gasteiger partial charge in [0.2, 0.25) is 0 Å². The molecule has 0 fully saturated rings. The molecule has 27 heavy (non-hydrogen) atoms. The van der Waals surface area contributed by atoms with Crippen LogP contribution in [0.3, 0.4) is 0 Å². The highest BCUT2D eigenvalue weighted by Crippen LogP contribution is 2.37. The van der Waals surface area contributed by atoms with Crippen LogP contribution < -0.4 is 0 Å². The number of thioether (sulfide) groups is 2. The van der Waals surface area contributed by atoms with Crippen LogP contribution in [0.1, 0.15) is 13.8 Å². The summed E-state index contributed by atoms with van der Waals surface area (Å²) in [5.41, 5.74) is 0. The van der Waals surface area contributed by atoms with Crippen molar-refractivity contribution < 1.29 is 8.42 Å². The molecule has 2 aromatic carbocycles. The van der Waals surface area contributed by atoms with Gasteiger partial charge in [-0.1, -0.05) is 45.7 Å². The average Bonchev–Trinajstić information content (AvgIpc) is 2.64. The van der Waals surface area contributed by atoms with Gasteiger partial charge in [-0.15, -0.1) is 46.7 Å². The summed E-state index contributed by atoms with van der Waals surface area (Å²) in [6.07, 6.45) is 0. The second-order valence-corrected chi connectivity index (χ2v) is 14.2. The molecule has 0 aromatic heterocycles. The van der Waals surface area contributed by atoms with E-state index in [4.69, 9.17) is 23.2 Å². The fourth-order valence-electron chi connectivity index (χ4n) is 2.22. The molecular weight excluding hydrogens is 575 g/mol. The van der Waals surface area contributed by atoms with E-state index < -0.39 is 19.3 Å². The third-order valence-corrected chi connectivity index (χ3v) is 12.0. The van der Waals surface area contributed by atoms with Gasteiger partial charge >= 0.3 is 0 Å². The van der Waals surface area contributed by atoms with Crippen LogP contribution in [0.15, 0.2) is 67.3 Å². The molecule has 0 bridgehead atoms. The molecule has 0 aliphatic heterocycles. The van der Waals surface area contributed by atoms with E-state index in [1.54, 1.807) is 13.8 Å². The maximum absolute atomic E-state index is 12.9. The summed E-state index contributed by atoms with van der Waals surface area (Å²) in [6, 6.07) is 15.3. The van der Waals surface area contributed by atoms with Crippen LogP contribution in [0.25, 0.3) is 0 Å². The van der Waals surface area contributed by atoms with E-state index >= 15 is 0 Å². The largest absolute Gasteiger partial charge is 0.226 e. The van der Waals surface area contributed by atoms with Gasteiger partial charge in [0.1, 0.15) is 9.42 Å². The summed E-state index contributed by atoms with van der Waals surface area (Å²) < 4.78 is 25.6. The minimum atomic E-state index is -3.72. The molecule has 0 saturated heterocycles. The van der Waals surface area contributed by atoms with Gasteiger partial charge < -0.3 is 0 Å². The van der Waals surface area contributed by atoms with E-state index in [1.165, 1.54) is 23.5 Å². The van der Waals surface area contributed by atoms with Gasteiger partial charge in [0.05, 0.1) is 0 Å². The number of hydrogen-bond acceptors (Lipinski definition) is 4. The van der Waals surface area contributed by atoms with E-state index in [2.05, 4.69) is 31.9 Å². The molecule has 0 amide bonds. The lowest BCUT2D eigenvalue weighted by Gasteiger charge is -2.24. The van der Waals surface area contributed by atoms with Gasteiger partial charge in [-0.2, -0.15) is 0 Å². The van der Waals surface area contributed by atoms with E-state index in [-0.39, 0.29) is 10.5 Å². The Hall–Kier alpha value is 0.630. The molecule has 2 nitrogen and oxygen atoms in total. The zero-order valence-electron chi connectivity index (χ0n) is 14.5. The van der Waals surface area contributed by atoms with Gasteiger partial charge in [0, 0.05) is 29.2 Å². The van der Waals surface area contributed by atoms with E-state index in [0.717, 1.165) is 18.7 Å². The Bertz CT molecular complexity index is 780. The van der Waals surface area contributed by atoms with Crippen molar-refractivity contribution >= 4 is 88.4 Å². The van der Waals surface area contributed by atoms with Crippen LogP contribution >= 0.6 is 78.6 Å². The molecule has 0 aliphatic carbocycles. The number of benzene rings is 2. The summed E-state index contributed by atoms with van der Waals surface area (Å²) >= 11 is 22.3. The quantitative estimate of drug-likeness (QED) is 0.236. The van der Waals surface area contributed by atoms with Crippen LogP contribution in [0.2, 0.25) is 0 Å². The van der Waals surface area contributed by atoms with Crippen molar-refractivity contribution in [2.45, 2.75) is 43.6 Å². The summed E-state index contributed by atoms with van der Waals surface area (Å²) in [5, 5.41) is -0.687. The van der Waals surface area contributed by atoms with Crippen molar-refractivity contribution in [2.75, 3.05) is 0 Å². The second-order valence-electron chi connectivity index (χ2n) is 5.85. The fourth-order valence-corrected chi connectivity index (χ4v) is 8.12. The zero-order valence-corrected chi connectivity index (χ0v) is 21.6. The summed E-state index contributed by atoms with van der Waals surface area (Å²) in [5.74, 6) is 0.